The zero-order valence-corrected chi connectivity index (χ0v) is 34.9. The number of ether oxygens (including phenoxy) is 3. The van der Waals surface area contributed by atoms with Crippen molar-refractivity contribution in [1.82, 2.24) is 0 Å². The molecule has 0 spiro atoms. The SMILES string of the molecule is CC/C=C/C/C=C/C/C=C/C/C=C/C/C=C/C/C=C/CCCCC(=O)OCC(COCCC(C(=O)O)[N+](C)(C)C)OC(=O)CCCCCCCCCCC. The summed E-state index contributed by atoms with van der Waals surface area (Å²) in [6.07, 6.45) is 45.2. The van der Waals surface area contributed by atoms with E-state index in [0.717, 1.165) is 70.6 Å². The van der Waals surface area contributed by atoms with Gasteiger partial charge in [0, 0.05) is 19.3 Å². The fraction of sp³-hybridized carbons (Fsp3) is 0.674. The molecule has 0 saturated carbocycles. The first-order valence-corrected chi connectivity index (χ1v) is 21.0. The Morgan fingerprint density at radius 2 is 1.04 bits per heavy atom. The lowest BCUT2D eigenvalue weighted by Crippen LogP contribution is -2.50. The van der Waals surface area contributed by atoms with Gasteiger partial charge >= 0.3 is 17.9 Å². The molecule has 0 aromatic heterocycles. The highest BCUT2D eigenvalue weighted by Gasteiger charge is 2.31. The van der Waals surface area contributed by atoms with Gasteiger partial charge in [-0.25, -0.2) is 4.79 Å². The van der Waals surface area contributed by atoms with E-state index in [1.165, 1.54) is 38.5 Å². The highest BCUT2D eigenvalue weighted by Crippen LogP contribution is 2.13. The Bertz CT molecular complexity index is 1110. The van der Waals surface area contributed by atoms with Gasteiger partial charge in [-0.2, -0.15) is 0 Å². The van der Waals surface area contributed by atoms with Gasteiger partial charge in [0.05, 0.1) is 34.4 Å². The van der Waals surface area contributed by atoms with Gasteiger partial charge in [0.1, 0.15) is 6.61 Å². The van der Waals surface area contributed by atoms with Gasteiger partial charge in [-0.15, -0.1) is 0 Å². The van der Waals surface area contributed by atoms with E-state index in [2.05, 4.69) is 86.8 Å². The zero-order valence-electron chi connectivity index (χ0n) is 34.9. The van der Waals surface area contributed by atoms with E-state index in [-0.39, 0.29) is 36.2 Å². The first-order chi connectivity index (χ1) is 26.1. The Kier molecular flexibility index (Phi) is 34.5. The molecule has 0 radical (unpaired) electrons. The minimum atomic E-state index is -0.884. The molecule has 0 saturated heterocycles. The van der Waals surface area contributed by atoms with Crippen LogP contribution in [0.1, 0.15) is 149 Å². The van der Waals surface area contributed by atoms with Crippen molar-refractivity contribution in [3.8, 4) is 0 Å². The average Bonchev–Trinajstić information content (AvgIpc) is 3.12. The minimum Gasteiger partial charge on any atom is -0.477 e. The Morgan fingerprint density at radius 1 is 0.574 bits per heavy atom. The third-order valence-electron chi connectivity index (χ3n) is 8.87. The average molecular weight is 757 g/mol. The van der Waals surface area contributed by atoms with Crippen LogP contribution in [0.4, 0.5) is 0 Å². The minimum absolute atomic E-state index is 0.0446. The fourth-order valence-electron chi connectivity index (χ4n) is 5.62. The van der Waals surface area contributed by atoms with Crippen molar-refractivity contribution in [2.24, 2.45) is 0 Å². The predicted molar refractivity (Wildman–Crippen MR) is 224 cm³/mol. The molecular weight excluding hydrogens is 679 g/mol. The second kappa shape index (κ2) is 36.7. The molecule has 0 aliphatic rings. The highest BCUT2D eigenvalue weighted by molar-refractivity contribution is 5.72. The lowest BCUT2D eigenvalue weighted by atomic mass is 10.1. The van der Waals surface area contributed by atoms with E-state index in [1.54, 1.807) is 0 Å². The quantitative estimate of drug-likeness (QED) is 0.0294. The molecule has 0 rings (SSSR count). The molecule has 0 aromatic carbocycles. The molecule has 0 fully saturated rings. The fourth-order valence-corrected chi connectivity index (χ4v) is 5.62. The first-order valence-electron chi connectivity index (χ1n) is 21.0. The number of rotatable bonds is 36. The van der Waals surface area contributed by atoms with Crippen LogP contribution in [0, 0.1) is 0 Å². The number of carboxylic acid groups (broad SMARTS) is 1. The van der Waals surface area contributed by atoms with Crippen LogP contribution in [0.3, 0.4) is 0 Å². The van der Waals surface area contributed by atoms with E-state index in [9.17, 15) is 19.5 Å². The third kappa shape index (κ3) is 34.5. The molecule has 54 heavy (non-hydrogen) atoms. The van der Waals surface area contributed by atoms with Crippen LogP contribution in [0.2, 0.25) is 0 Å². The monoisotopic (exact) mass is 757 g/mol. The molecule has 1 N–H and O–H groups in total. The molecular formula is C46H78NO7+. The molecule has 0 aromatic rings. The van der Waals surface area contributed by atoms with Gasteiger partial charge in [-0.1, -0.05) is 138 Å². The first kappa shape index (κ1) is 50.8. The summed E-state index contributed by atoms with van der Waals surface area (Å²) >= 11 is 0. The second-order valence-electron chi connectivity index (χ2n) is 14.9. The Balaban J connectivity index is 4.39. The molecule has 8 heteroatoms. The number of esters is 2. The van der Waals surface area contributed by atoms with E-state index in [1.807, 2.05) is 21.1 Å². The summed E-state index contributed by atoms with van der Waals surface area (Å²) in [7, 11) is 5.50. The van der Waals surface area contributed by atoms with Gasteiger partial charge in [0.15, 0.2) is 12.1 Å². The molecule has 308 valence electrons. The molecule has 8 nitrogen and oxygen atoms in total. The maximum Gasteiger partial charge on any atom is 0.362 e. The number of hydrogen-bond acceptors (Lipinski definition) is 6. The Hall–Kier alpha value is -3.23. The number of carbonyl (C=O) groups is 3. The van der Waals surface area contributed by atoms with Crippen molar-refractivity contribution < 1.29 is 38.2 Å². The molecule has 0 aliphatic carbocycles. The van der Waals surface area contributed by atoms with Crippen molar-refractivity contribution in [2.75, 3.05) is 41.0 Å². The topological polar surface area (TPSA) is 99.1 Å². The number of likely N-dealkylation sites (N-methyl/N-ethyl adjacent to an activating group) is 1. The second-order valence-corrected chi connectivity index (χ2v) is 14.9. The normalized spacial score (nSPS) is 13.7. The van der Waals surface area contributed by atoms with Crippen LogP contribution in [0.15, 0.2) is 72.9 Å². The van der Waals surface area contributed by atoms with E-state index in [0.29, 0.717) is 25.7 Å². The maximum atomic E-state index is 12.6. The third-order valence-corrected chi connectivity index (χ3v) is 8.87. The number of unbranched alkanes of at least 4 members (excludes halogenated alkanes) is 10. The van der Waals surface area contributed by atoms with Crippen LogP contribution >= 0.6 is 0 Å². The number of hydrogen-bond donors (Lipinski definition) is 1. The molecule has 0 amide bonds. The number of aliphatic carboxylic acids is 1. The van der Waals surface area contributed by atoms with Crippen molar-refractivity contribution in [1.29, 1.82) is 0 Å². The molecule has 2 atom stereocenters. The van der Waals surface area contributed by atoms with Crippen molar-refractivity contribution >= 4 is 17.9 Å². The van der Waals surface area contributed by atoms with Crippen LogP contribution in [-0.2, 0) is 28.6 Å². The van der Waals surface area contributed by atoms with Crippen molar-refractivity contribution in [2.45, 2.75) is 161 Å². The number of allylic oxidation sites excluding steroid dienone is 12. The van der Waals surface area contributed by atoms with Gasteiger partial charge in [-0.05, 0) is 64.2 Å². The van der Waals surface area contributed by atoms with E-state index in [4.69, 9.17) is 14.2 Å². The van der Waals surface area contributed by atoms with Gasteiger partial charge < -0.3 is 23.8 Å². The molecule has 2 unspecified atom stereocenters. The summed E-state index contributed by atoms with van der Waals surface area (Å²) < 4.78 is 17.2. The number of carbonyl (C=O) groups excluding carboxylic acids is 2. The maximum absolute atomic E-state index is 12.6. The highest BCUT2D eigenvalue weighted by atomic mass is 16.6. The molecule has 0 bridgehead atoms. The lowest BCUT2D eigenvalue weighted by molar-refractivity contribution is -0.887. The van der Waals surface area contributed by atoms with Crippen LogP contribution in [0.25, 0.3) is 0 Å². The standard InChI is InChI=1S/C46H77NO7/c1-6-8-10-12-14-16-17-18-19-20-21-22-23-24-25-26-27-29-30-32-34-36-44(48)53-41-42(40-52-39-38-43(46(50)51)47(3,4)5)54-45(49)37-35-33-31-28-15-13-11-9-7-2/h8,10,14,16,18-19,21-22,24-25,27,29,42-43H,6-7,9,11-13,15,17,20,23,26,28,30-41H2,1-5H3/p+1/b10-8+,16-14+,19-18+,22-21+,25-24+,29-27+. The summed E-state index contributed by atoms with van der Waals surface area (Å²) in [6.45, 7) is 4.53. The van der Waals surface area contributed by atoms with Gasteiger partial charge in [0.25, 0.3) is 0 Å². The summed E-state index contributed by atoms with van der Waals surface area (Å²) in [5.74, 6) is -1.53. The smallest absolute Gasteiger partial charge is 0.362 e. The Labute approximate surface area is 330 Å². The molecule has 0 aliphatic heterocycles. The lowest BCUT2D eigenvalue weighted by Gasteiger charge is -2.31. The largest absolute Gasteiger partial charge is 0.477 e. The van der Waals surface area contributed by atoms with Crippen LogP contribution < -0.4 is 0 Å². The van der Waals surface area contributed by atoms with E-state index >= 15 is 0 Å². The van der Waals surface area contributed by atoms with E-state index < -0.39 is 18.1 Å². The summed E-state index contributed by atoms with van der Waals surface area (Å²) in [5.41, 5.74) is 0. The number of carboxylic acids is 1. The summed E-state index contributed by atoms with van der Waals surface area (Å²) in [4.78, 5) is 36.8. The van der Waals surface area contributed by atoms with Gasteiger partial charge in [-0.3, -0.25) is 9.59 Å². The van der Waals surface area contributed by atoms with Crippen molar-refractivity contribution in [3.05, 3.63) is 72.9 Å². The van der Waals surface area contributed by atoms with Crippen LogP contribution in [-0.4, -0.2) is 80.6 Å². The summed E-state index contributed by atoms with van der Waals surface area (Å²) in [6, 6.07) is -0.622. The Morgan fingerprint density at radius 3 is 1.54 bits per heavy atom. The predicted octanol–water partition coefficient (Wildman–Crippen LogP) is 11.2. The zero-order chi connectivity index (χ0) is 40.0. The van der Waals surface area contributed by atoms with Gasteiger partial charge in [0.2, 0.25) is 0 Å². The summed E-state index contributed by atoms with van der Waals surface area (Å²) in [5, 5.41) is 9.59. The van der Waals surface area contributed by atoms with Crippen molar-refractivity contribution in [3.63, 3.8) is 0 Å². The number of quaternary nitrogens is 1. The molecule has 0 heterocycles. The number of nitrogens with zero attached hydrogens (tertiary/aromatic N) is 1. The van der Waals surface area contributed by atoms with Crippen LogP contribution in [0.5, 0.6) is 0 Å².